The number of anilines is 1. The van der Waals surface area contributed by atoms with Crippen molar-refractivity contribution in [1.82, 2.24) is 0 Å². The molecule has 17 heavy (non-hydrogen) atoms. The highest BCUT2D eigenvalue weighted by Crippen LogP contribution is 2.28. The number of para-hydroxylation sites is 2. The summed E-state index contributed by atoms with van der Waals surface area (Å²) in [5.74, 6) is -0.678. The number of hydrogen-bond acceptors (Lipinski definition) is 4. The minimum Gasteiger partial charge on any atom is -0.507 e. The van der Waals surface area contributed by atoms with Crippen LogP contribution in [-0.4, -0.2) is 16.0 Å². The highest BCUT2D eigenvalue weighted by Gasteiger charge is 2.16. The molecule has 0 amide bonds. The van der Waals surface area contributed by atoms with Crippen molar-refractivity contribution in [2.45, 2.75) is 0 Å². The Morgan fingerprint density at radius 1 is 0.882 bits per heavy atom. The molecule has 0 heterocycles. The first-order valence-electron chi connectivity index (χ1n) is 5.01. The van der Waals surface area contributed by atoms with E-state index in [-0.39, 0.29) is 28.3 Å². The number of hydrogen-bond donors (Lipinski definition) is 3. The monoisotopic (exact) mass is 229 g/mol. The highest BCUT2D eigenvalue weighted by molar-refractivity contribution is 6.14. The molecule has 0 fully saturated rings. The quantitative estimate of drug-likeness (QED) is 0.417. The van der Waals surface area contributed by atoms with E-state index in [1.165, 1.54) is 30.3 Å². The summed E-state index contributed by atoms with van der Waals surface area (Å²) >= 11 is 0. The molecule has 2 aromatic rings. The summed E-state index contributed by atoms with van der Waals surface area (Å²) < 4.78 is 0. The number of rotatable bonds is 2. The van der Waals surface area contributed by atoms with Gasteiger partial charge in [0.1, 0.15) is 11.5 Å². The smallest absolute Gasteiger partial charge is 0.198 e. The molecule has 86 valence electrons. The number of ketones is 1. The third-order valence-electron chi connectivity index (χ3n) is 2.48. The molecule has 0 spiro atoms. The predicted molar refractivity (Wildman–Crippen MR) is 64.1 cm³/mol. The molecular formula is C13H11NO3. The second-order valence-corrected chi connectivity index (χ2v) is 3.58. The molecule has 0 aliphatic carbocycles. The molecule has 4 nitrogen and oxygen atoms in total. The number of carbonyl (C=O) groups excluding carboxylic acids is 1. The zero-order valence-electron chi connectivity index (χ0n) is 8.92. The van der Waals surface area contributed by atoms with Gasteiger partial charge in [0.15, 0.2) is 5.78 Å². The van der Waals surface area contributed by atoms with Crippen LogP contribution in [0.4, 0.5) is 5.69 Å². The van der Waals surface area contributed by atoms with Crippen LogP contribution in [0, 0.1) is 0 Å². The van der Waals surface area contributed by atoms with Crippen LogP contribution in [0.1, 0.15) is 15.9 Å². The summed E-state index contributed by atoms with van der Waals surface area (Å²) in [4.78, 5) is 12.1. The van der Waals surface area contributed by atoms with Gasteiger partial charge in [0.2, 0.25) is 0 Å². The molecular weight excluding hydrogens is 218 g/mol. The summed E-state index contributed by atoms with van der Waals surface area (Å²) in [5, 5.41) is 19.0. The van der Waals surface area contributed by atoms with E-state index in [2.05, 4.69) is 0 Å². The van der Waals surface area contributed by atoms with E-state index in [4.69, 9.17) is 5.73 Å². The lowest BCUT2D eigenvalue weighted by Crippen LogP contribution is -2.05. The van der Waals surface area contributed by atoms with Crippen LogP contribution in [0.25, 0.3) is 0 Å². The van der Waals surface area contributed by atoms with Gasteiger partial charge in [-0.15, -0.1) is 0 Å². The van der Waals surface area contributed by atoms with Gasteiger partial charge in [0.25, 0.3) is 0 Å². The van der Waals surface area contributed by atoms with E-state index in [1.54, 1.807) is 12.1 Å². The maximum Gasteiger partial charge on any atom is 0.198 e. The van der Waals surface area contributed by atoms with Crippen molar-refractivity contribution in [3.8, 4) is 11.5 Å². The molecule has 4 N–H and O–H groups in total. The number of nitrogen functional groups attached to an aromatic ring is 1. The van der Waals surface area contributed by atoms with E-state index < -0.39 is 5.78 Å². The number of benzene rings is 2. The number of aromatic hydroxyl groups is 2. The summed E-state index contributed by atoms with van der Waals surface area (Å²) in [7, 11) is 0. The third-order valence-corrected chi connectivity index (χ3v) is 2.48. The van der Waals surface area contributed by atoms with Gasteiger partial charge in [-0.25, -0.2) is 0 Å². The summed E-state index contributed by atoms with van der Waals surface area (Å²) in [6.45, 7) is 0. The van der Waals surface area contributed by atoms with E-state index >= 15 is 0 Å². The minimum absolute atomic E-state index is 0.0146. The van der Waals surface area contributed by atoms with Crippen molar-refractivity contribution in [2.75, 3.05) is 5.73 Å². The van der Waals surface area contributed by atoms with Gasteiger partial charge in [0, 0.05) is 5.56 Å². The van der Waals surface area contributed by atoms with Gasteiger partial charge in [-0.05, 0) is 24.3 Å². The van der Waals surface area contributed by atoms with Crippen LogP contribution < -0.4 is 5.73 Å². The molecule has 0 aliphatic rings. The number of carbonyl (C=O) groups is 1. The van der Waals surface area contributed by atoms with Crippen LogP contribution >= 0.6 is 0 Å². The second kappa shape index (κ2) is 4.17. The molecule has 0 bridgehead atoms. The molecule has 0 radical (unpaired) electrons. The standard InChI is InChI=1S/C13H11NO3/c14-12-9(5-3-7-11(12)16)13(17)8-4-1-2-6-10(8)15/h1-7,15-16H,14H2. The molecule has 2 rings (SSSR count). The number of nitrogens with two attached hydrogens (primary N) is 1. The highest BCUT2D eigenvalue weighted by atomic mass is 16.3. The maximum absolute atomic E-state index is 12.1. The van der Waals surface area contributed by atoms with Gasteiger partial charge >= 0.3 is 0 Å². The number of phenolic OH excluding ortho intramolecular Hbond substituents is 2. The van der Waals surface area contributed by atoms with Crippen LogP contribution in [0.5, 0.6) is 11.5 Å². The fourth-order valence-electron chi connectivity index (χ4n) is 1.56. The Labute approximate surface area is 97.9 Å². The fourth-order valence-corrected chi connectivity index (χ4v) is 1.56. The first-order chi connectivity index (χ1) is 8.11. The lowest BCUT2D eigenvalue weighted by atomic mass is 10.0. The van der Waals surface area contributed by atoms with Crippen molar-refractivity contribution in [3.63, 3.8) is 0 Å². The first-order valence-corrected chi connectivity index (χ1v) is 5.01. The zero-order valence-corrected chi connectivity index (χ0v) is 8.92. The summed E-state index contributed by atoms with van der Waals surface area (Å²) in [5.41, 5.74) is 5.96. The van der Waals surface area contributed by atoms with Crippen molar-refractivity contribution in [1.29, 1.82) is 0 Å². The molecule has 2 aromatic carbocycles. The van der Waals surface area contributed by atoms with Crippen LogP contribution in [0.2, 0.25) is 0 Å². The van der Waals surface area contributed by atoms with Crippen molar-refractivity contribution in [2.24, 2.45) is 0 Å². The average molecular weight is 229 g/mol. The van der Waals surface area contributed by atoms with Crippen LogP contribution in [0.3, 0.4) is 0 Å². The van der Waals surface area contributed by atoms with Gasteiger partial charge < -0.3 is 15.9 Å². The van der Waals surface area contributed by atoms with Crippen molar-refractivity contribution in [3.05, 3.63) is 53.6 Å². The van der Waals surface area contributed by atoms with Gasteiger partial charge in [-0.2, -0.15) is 0 Å². The van der Waals surface area contributed by atoms with E-state index in [9.17, 15) is 15.0 Å². The molecule has 4 heteroatoms. The Hall–Kier alpha value is -2.49. The Bertz CT molecular complexity index is 579. The fraction of sp³-hybridized carbons (Fsp3) is 0. The molecule has 0 unspecified atom stereocenters. The van der Waals surface area contributed by atoms with Crippen molar-refractivity contribution >= 4 is 11.5 Å². The Balaban J connectivity index is 2.52. The normalized spacial score (nSPS) is 10.1. The van der Waals surface area contributed by atoms with Crippen molar-refractivity contribution < 1.29 is 15.0 Å². The third kappa shape index (κ3) is 1.92. The Morgan fingerprint density at radius 2 is 1.47 bits per heavy atom. The topological polar surface area (TPSA) is 83.5 Å². The van der Waals surface area contributed by atoms with Gasteiger partial charge in [-0.3, -0.25) is 4.79 Å². The van der Waals surface area contributed by atoms with E-state index in [0.29, 0.717) is 0 Å². The Kier molecular flexibility index (Phi) is 2.70. The number of phenols is 2. The molecule has 0 saturated heterocycles. The maximum atomic E-state index is 12.1. The van der Waals surface area contributed by atoms with Gasteiger partial charge in [-0.1, -0.05) is 18.2 Å². The van der Waals surface area contributed by atoms with E-state index in [1.807, 2.05) is 0 Å². The molecule has 0 aliphatic heterocycles. The summed E-state index contributed by atoms with van der Waals surface area (Å²) in [6.07, 6.45) is 0. The molecule has 0 saturated carbocycles. The van der Waals surface area contributed by atoms with Gasteiger partial charge in [0.05, 0.1) is 11.3 Å². The van der Waals surface area contributed by atoms with Crippen LogP contribution in [-0.2, 0) is 0 Å². The first kappa shape index (κ1) is 11.0. The van der Waals surface area contributed by atoms with Crippen LogP contribution in [0.15, 0.2) is 42.5 Å². The minimum atomic E-state index is -0.420. The average Bonchev–Trinajstić information content (AvgIpc) is 2.32. The Morgan fingerprint density at radius 3 is 2.18 bits per heavy atom. The summed E-state index contributed by atoms with van der Waals surface area (Å²) in [6, 6.07) is 10.6. The second-order valence-electron chi connectivity index (χ2n) is 3.58. The van der Waals surface area contributed by atoms with E-state index in [0.717, 1.165) is 0 Å². The SMILES string of the molecule is Nc1c(O)cccc1C(=O)c1ccccc1O. The molecule has 0 aromatic heterocycles. The lowest BCUT2D eigenvalue weighted by Gasteiger charge is -2.07. The lowest BCUT2D eigenvalue weighted by molar-refractivity contribution is 0.103. The molecule has 0 atom stereocenters. The zero-order chi connectivity index (χ0) is 12.4. The predicted octanol–water partition coefficient (Wildman–Crippen LogP) is 1.91. The largest absolute Gasteiger partial charge is 0.507 e.